The Labute approximate surface area is 119 Å². The minimum absolute atomic E-state index is 0.137. The number of aromatic nitrogens is 2. The molecular weight excluding hydrogens is 274 g/mol. The van der Waals surface area contributed by atoms with E-state index >= 15 is 0 Å². The smallest absolute Gasteiger partial charge is 0.293 e. The Morgan fingerprint density at radius 1 is 1.35 bits per heavy atom. The van der Waals surface area contributed by atoms with Crippen LogP contribution in [0.25, 0.3) is 10.9 Å². The van der Waals surface area contributed by atoms with Crippen LogP contribution in [0.1, 0.15) is 15.6 Å². The van der Waals surface area contributed by atoms with Crippen LogP contribution in [0.4, 0.5) is 5.69 Å². The van der Waals surface area contributed by atoms with Gasteiger partial charge in [0.25, 0.3) is 5.69 Å². The predicted molar refractivity (Wildman–Crippen MR) is 79.3 cm³/mol. The molecule has 0 aliphatic rings. The Bertz CT molecular complexity index is 784. The highest BCUT2D eigenvalue weighted by Crippen LogP contribution is 2.28. The quantitative estimate of drug-likeness (QED) is 0.545. The lowest BCUT2D eigenvalue weighted by Gasteiger charge is -2.03. The third-order valence-electron chi connectivity index (χ3n) is 3.34. The molecule has 0 aliphatic carbocycles. The number of hydrogen-bond donors (Lipinski definition) is 0. The van der Waals surface area contributed by atoms with E-state index < -0.39 is 0 Å². The van der Waals surface area contributed by atoms with Crippen LogP contribution in [-0.4, -0.2) is 14.5 Å². The SMILES string of the molecule is Cc1nc(Cn2ccc3cccc([N+](=O)[O-])c32)sc1C. The highest BCUT2D eigenvalue weighted by molar-refractivity contribution is 7.11. The van der Waals surface area contributed by atoms with Gasteiger partial charge in [-0.25, -0.2) is 4.98 Å². The molecule has 3 rings (SSSR count). The molecule has 0 fully saturated rings. The molecule has 0 spiro atoms. The Balaban J connectivity index is 2.10. The molecule has 20 heavy (non-hydrogen) atoms. The second-order valence-electron chi connectivity index (χ2n) is 4.66. The number of hydrogen-bond acceptors (Lipinski definition) is 4. The highest BCUT2D eigenvalue weighted by Gasteiger charge is 2.16. The van der Waals surface area contributed by atoms with Crippen LogP contribution in [-0.2, 0) is 6.54 Å². The Morgan fingerprint density at radius 2 is 2.15 bits per heavy atom. The number of nitrogens with zero attached hydrogens (tertiary/aromatic N) is 3. The van der Waals surface area contributed by atoms with Gasteiger partial charge in [-0.3, -0.25) is 10.1 Å². The van der Waals surface area contributed by atoms with E-state index in [9.17, 15) is 10.1 Å². The van der Waals surface area contributed by atoms with E-state index in [4.69, 9.17) is 0 Å². The summed E-state index contributed by atoms with van der Waals surface area (Å²) < 4.78 is 1.89. The zero-order valence-corrected chi connectivity index (χ0v) is 12.0. The number of fused-ring (bicyclic) bond motifs is 1. The summed E-state index contributed by atoms with van der Waals surface area (Å²) in [5, 5.41) is 13.0. The van der Waals surface area contributed by atoms with E-state index in [0.29, 0.717) is 12.1 Å². The molecule has 0 bridgehead atoms. The second-order valence-corrected chi connectivity index (χ2v) is 5.95. The molecule has 6 heteroatoms. The third-order valence-corrected chi connectivity index (χ3v) is 4.40. The van der Waals surface area contributed by atoms with Gasteiger partial charge in [0, 0.05) is 22.5 Å². The molecule has 2 heterocycles. The molecule has 0 N–H and O–H groups in total. The summed E-state index contributed by atoms with van der Waals surface area (Å²) in [5.74, 6) is 0. The van der Waals surface area contributed by atoms with Crippen LogP contribution >= 0.6 is 11.3 Å². The van der Waals surface area contributed by atoms with E-state index in [0.717, 1.165) is 16.1 Å². The van der Waals surface area contributed by atoms with Gasteiger partial charge < -0.3 is 4.57 Å². The minimum atomic E-state index is -0.336. The monoisotopic (exact) mass is 287 g/mol. The van der Waals surface area contributed by atoms with Crippen molar-refractivity contribution in [2.24, 2.45) is 0 Å². The van der Waals surface area contributed by atoms with Crippen molar-refractivity contribution in [1.82, 2.24) is 9.55 Å². The largest absolute Gasteiger partial charge is 0.335 e. The number of para-hydroxylation sites is 1. The third kappa shape index (κ3) is 2.08. The summed E-state index contributed by atoms with van der Waals surface area (Å²) in [7, 11) is 0. The van der Waals surface area contributed by atoms with Crippen LogP contribution in [0.5, 0.6) is 0 Å². The predicted octanol–water partition coefficient (Wildman–Crippen LogP) is 3.67. The first-order valence-corrected chi connectivity index (χ1v) is 7.03. The summed E-state index contributed by atoms with van der Waals surface area (Å²) in [6.07, 6.45) is 1.88. The molecule has 1 aromatic carbocycles. The van der Waals surface area contributed by atoms with Crippen molar-refractivity contribution >= 4 is 27.9 Å². The van der Waals surface area contributed by atoms with Crippen LogP contribution < -0.4 is 0 Å². The van der Waals surface area contributed by atoms with Gasteiger partial charge in [0.05, 0.1) is 17.2 Å². The van der Waals surface area contributed by atoms with Crippen LogP contribution in [0, 0.1) is 24.0 Å². The number of nitro benzene ring substituents is 1. The zero-order chi connectivity index (χ0) is 14.3. The van der Waals surface area contributed by atoms with Crippen molar-refractivity contribution in [2.75, 3.05) is 0 Å². The van der Waals surface area contributed by atoms with Crippen molar-refractivity contribution in [1.29, 1.82) is 0 Å². The van der Waals surface area contributed by atoms with Crippen molar-refractivity contribution in [3.63, 3.8) is 0 Å². The lowest BCUT2D eigenvalue weighted by Crippen LogP contribution is -2.00. The van der Waals surface area contributed by atoms with Crippen molar-refractivity contribution in [2.45, 2.75) is 20.4 Å². The van der Waals surface area contributed by atoms with E-state index in [1.54, 1.807) is 17.4 Å². The molecule has 0 atom stereocenters. The van der Waals surface area contributed by atoms with E-state index in [1.165, 1.54) is 10.9 Å². The average molecular weight is 287 g/mol. The number of rotatable bonds is 3. The van der Waals surface area contributed by atoms with Crippen LogP contribution in [0.3, 0.4) is 0 Å². The molecule has 0 saturated carbocycles. The maximum Gasteiger partial charge on any atom is 0.293 e. The fraction of sp³-hybridized carbons (Fsp3) is 0.214. The summed E-state index contributed by atoms with van der Waals surface area (Å²) in [4.78, 5) is 16.5. The van der Waals surface area contributed by atoms with Gasteiger partial charge in [0.2, 0.25) is 0 Å². The molecule has 0 saturated heterocycles. The summed E-state index contributed by atoms with van der Waals surface area (Å²) in [6, 6.07) is 7.03. The van der Waals surface area contributed by atoms with E-state index in [2.05, 4.69) is 4.98 Å². The van der Waals surface area contributed by atoms with E-state index in [1.807, 2.05) is 36.7 Å². The van der Waals surface area contributed by atoms with Crippen molar-refractivity contribution in [3.8, 4) is 0 Å². The lowest BCUT2D eigenvalue weighted by molar-refractivity contribution is -0.383. The van der Waals surface area contributed by atoms with Crippen LogP contribution in [0.2, 0.25) is 0 Å². The minimum Gasteiger partial charge on any atom is -0.335 e. The molecule has 5 nitrogen and oxygen atoms in total. The standard InChI is InChI=1S/C14H13N3O2S/c1-9-10(2)20-13(15-9)8-16-7-6-11-4-3-5-12(14(11)16)17(18)19/h3-7H,8H2,1-2H3. The van der Waals surface area contributed by atoms with Gasteiger partial charge in [0.15, 0.2) is 0 Å². The van der Waals surface area contributed by atoms with Gasteiger partial charge >= 0.3 is 0 Å². The summed E-state index contributed by atoms with van der Waals surface area (Å²) >= 11 is 1.63. The number of non-ortho nitro benzene ring substituents is 1. The van der Waals surface area contributed by atoms with Gasteiger partial charge in [0.1, 0.15) is 10.5 Å². The molecule has 2 aromatic heterocycles. The number of nitro groups is 1. The maximum atomic E-state index is 11.2. The lowest BCUT2D eigenvalue weighted by atomic mass is 10.2. The number of aryl methyl sites for hydroxylation is 2. The molecule has 0 radical (unpaired) electrons. The van der Waals surface area contributed by atoms with Gasteiger partial charge in [-0.15, -0.1) is 11.3 Å². The number of thiazole rings is 1. The molecule has 0 unspecified atom stereocenters. The fourth-order valence-electron chi connectivity index (χ4n) is 2.27. The second kappa shape index (κ2) is 4.72. The molecule has 3 aromatic rings. The van der Waals surface area contributed by atoms with Gasteiger partial charge in [-0.2, -0.15) is 0 Å². The fourth-order valence-corrected chi connectivity index (χ4v) is 3.21. The summed E-state index contributed by atoms with van der Waals surface area (Å²) in [5.41, 5.74) is 1.82. The van der Waals surface area contributed by atoms with Crippen molar-refractivity contribution < 1.29 is 4.92 Å². The first-order chi connectivity index (χ1) is 9.56. The Hall–Kier alpha value is -2.21. The molecule has 0 aliphatic heterocycles. The maximum absolute atomic E-state index is 11.2. The van der Waals surface area contributed by atoms with Crippen LogP contribution in [0.15, 0.2) is 30.5 Å². The highest BCUT2D eigenvalue weighted by atomic mass is 32.1. The van der Waals surface area contributed by atoms with Gasteiger partial charge in [-0.1, -0.05) is 12.1 Å². The normalized spacial score (nSPS) is 11.1. The Kier molecular flexibility index (Phi) is 3.02. The Morgan fingerprint density at radius 3 is 2.80 bits per heavy atom. The first-order valence-electron chi connectivity index (χ1n) is 6.21. The van der Waals surface area contributed by atoms with Crippen molar-refractivity contribution in [3.05, 3.63) is 56.2 Å². The first kappa shape index (κ1) is 12.8. The molecule has 102 valence electrons. The van der Waals surface area contributed by atoms with Gasteiger partial charge in [-0.05, 0) is 19.9 Å². The molecular formula is C14H13N3O2S. The number of benzene rings is 1. The average Bonchev–Trinajstić information content (AvgIpc) is 2.94. The molecule has 0 amide bonds. The summed E-state index contributed by atoms with van der Waals surface area (Å²) in [6.45, 7) is 4.58. The van der Waals surface area contributed by atoms with E-state index in [-0.39, 0.29) is 10.6 Å². The topological polar surface area (TPSA) is 61.0 Å². The zero-order valence-electron chi connectivity index (χ0n) is 11.2.